The molecule has 2 aromatic heterocycles. The third-order valence-corrected chi connectivity index (χ3v) is 2.70. The molecule has 0 aliphatic heterocycles. The molecular weight excluding hydrogens is 254 g/mol. The Balaban J connectivity index is 1.98. The number of nitrogens with zero attached hydrogens (tertiary/aromatic N) is 4. The van der Waals surface area contributed by atoms with Gasteiger partial charge in [0, 0.05) is 18.2 Å². The van der Waals surface area contributed by atoms with Gasteiger partial charge in [-0.1, -0.05) is 11.3 Å². The lowest BCUT2D eigenvalue weighted by Gasteiger charge is -2.19. The standard InChI is InChI=1S/C14H21N5O/c1-14(2,3)15-8-12-10-19(18-17-12)9-11-6-5-7-13(16-11)20-4/h5-7,10,15H,8-9H2,1-4H3. The third kappa shape index (κ3) is 4.31. The van der Waals surface area contributed by atoms with Crippen LogP contribution in [0.3, 0.4) is 0 Å². The summed E-state index contributed by atoms with van der Waals surface area (Å²) in [4.78, 5) is 4.35. The van der Waals surface area contributed by atoms with Crippen molar-refractivity contribution >= 4 is 0 Å². The number of aromatic nitrogens is 4. The molecule has 0 saturated carbocycles. The minimum atomic E-state index is 0.0676. The molecule has 0 fully saturated rings. The average molecular weight is 275 g/mol. The van der Waals surface area contributed by atoms with Crippen molar-refractivity contribution in [2.45, 2.75) is 39.4 Å². The van der Waals surface area contributed by atoms with E-state index in [0.29, 0.717) is 19.0 Å². The van der Waals surface area contributed by atoms with Gasteiger partial charge in [0.25, 0.3) is 0 Å². The summed E-state index contributed by atoms with van der Waals surface area (Å²) in [5.74, 6) is 0.609. The predicted octanol–water partition coefficient (Wildman–Crippen LogP) is 1.62. The van der Waals surface area contributed by atoms with Gasteiger partial charge in [0.1, 0.15) is 0 Å². The van der Waals surface area contributed by atoms with Gasteiger partial charge in [-0.15, -0.1) is 5.10 Å². The molecule has 1 N–H and O–H groups in total. The lowest BCUT2D eigenvalue weighted by Crippen LogP contribution is -2.35. The second-order valence-corrected chi connectivity index (χ2v) is 5.68. The maximum atomic E-state index is 5.11. The van der Waals surface area contributed by atoms with Crippen molar-refractivity contribution in [1.29, 1.82) is 0 Å². The van der Waals surface area contributed by atoms with Crippen LogP contribution in [0.5, 0.6) is 5.88 Å². The molecule has 2 aromatic rings. The number of hydrogen-bond acceptors (Lipinski definition) is 5. The first-order valence-electron chi connectivity index (χ1n) is 6.60. The van der Waals surface area contributed by atoms with E-state index in [1.807, 2.05) is 24.4 Å². The molecule has 0 aliphatic carbocycles. The van der Waals surface area contributed by atoms with Crippen LogP contribution < -0.4 is 10.1 Å². The van der Waals surface area contributed by atoms with Gasteiger partial charge in [-0.2, -0.15) is 0 Å². The number of pyridine rings is 1. The Hall–Kier alpha value is -1.95. The lowest BCUT2D eigenvalue weighted by atomic mass is 10.1. The Bertz CT molecular complexity index is 559. The smallest absolute Gasteiger partial charge is 0.213 e. The first kappa shape index (κ1) is 14.5. The predicted molar refractivity (Wildman–Crippen MR) is 76.5 cm³/mol. The van der Waals surface area contributed by atoms with Gasteiger partial charge in [-0.25, -0.2) is 9.67 Å². The Labute approximate surface area is 119 Å². The summed E-state index contributed by atoms with van der Waals surface area (Å²) in [5.41, 5.74) is 1.88. The van der Waals surface area contributed by atoms with Crippen molar-refractivity contribution in [3.63, 3.8) is 0 Å². The summed E-state index contributed by atoms with van der Waals surface area (Å²) < 4.78 is 6.89. The number of rotatable bonds is 5. The zero-order valence-corrected chi connectivity index (χ0v) is 12.4. The van der Waals surface area contributed by atoms with Crippen LogP contribution in [0.1, 0.15) is 32.2 Å². The molecule has 0 atom stereocenters. The first-order valence-corrected chi connectivity index (χ1v) is 6.60. The summed E-state index contributed by atoms with van der Waals surface area (Å²) in [6, 6.07) is 5.68. The lowest BCUT2D eigenvalue weighted by molar-refractivity contribution is 0.395. The van der Waals surface area contributed by atoms with E-state index in [0.717, 1.165) is 11.4 Å². The fourth-order valence-electron chi connectivity index (χ4n) is 1.68. The molecule has 0 spiro atoms. The number of methoxy groups -OCH3 is 1. The minimum absolute atomic E-state index is 0.0676. The molecule has 0 saturated heterocycles. The monoisotopic (exact) mass is 275 g/mol. The van der Waals surface area contributed by atoms with Gasteiger partial charge >= 0.3 is 0 Å². The topological polar surface area (TPSA) is 64.9 Å². The zero-order chi connectivity index (χ0) is 14.6. The van der Waals surface area contributed by atoms with Gasteiger partial charge in [0.2, 0.25) is 5.88 Å². The molecule has 0 amide bonds. The average Bonchev–Trinajstić information content (AvgIpc) is 2.83. The number of nitrogens with one attached hydrogen (secondary N) is 1. The van der Waals surface area contributed by atoms with E-state index < -0.39 is 0 Å². The minimum Gasteiger partial charge on any atom is -0.481 e. The highest BCUT2D eigenvalue weighted by molar-refractivity contribution is 5.15. The quantitative estimate of drug-likeness (QED) is 0.898. The van der Waals surface area contributed by atoms with E-state index in [1.165, 1.54) is 0 Å². The zero-order valence-electron chi connectivity index (χ0n) is 12.4. The highest BCUT2D eigenvalue weighted by Gasteiger charge is 2.10. The summed E-state index contributed by atoms with van der Waals surface area (Å²) in [6.07, 6.45) is 1.93. The van der Waals surface area contributed by atoms with E-state index in [2.05, 4.69) is 41.4 Å². The highest BCUT2D eigenvalue weighted by atomic mass is 16.5. The Morgan fingerprint density at radius 2 is 2.05 bits per heavy atom. The summed E-state index contributed by atoms with van der Waals surface area (Å²) >= 11 is 0. The second kappa shape index (κ2) is 6.00. The van der Waals surface area contributed by atoms with E-state index in [1.54, 1.807) is 11.8 Å². The summed E-state index contributed by atoms with van der Waals surface area (Å²) in [6.45, 7) is 7.65. The van der Waals surface area contributed by atoms with Crippen LogP contribution in [0.2, 0.25) is 0 Å². The van der Waals surface area contributed by atoms with Crippen molar-refractivity contribution in [2.75, 3.05) is 7.11 Å². The van der Waals surface area contributed by atoms with Gasteiger partial charge < -0.3 is 10.1 Å². The summed E-state index contributed by atoms with van der Waals surface area (Å²) in [7, 11) is 1.61. The third-order valence-electron chi connectivity index (χ3n) is 2.70. The maximum absolute atomic E-state index is 5.11. The van der Waals surface area contributed by atoms with Gasteiger partial charge in [-0.3, -0.25) is 0 Å². The molecule has 6 heteroatoms. The van der Waals surface area contributed by atoms with E-state index in [4.69, 9.17) is 4.74 Å². The van der Waals surface area contributed by atoms with E-state index in [9.17, 15) is 0 Å². The van der Waals surface area contributed by atoms with Crippen molar-refractivity contribution in [3.8, 4) is 5.88 Å². The molecule has 2 heterocycles. The molecule has 108 valence electrons. The van der Waals surface area contributed by atoms with E-state index in [-0.39, 0.29) is 5.54 Å². The van der Waals surface area contributed by atoms with E-state index >= 15 is 0 Å². The Morgan fingerprint density at radius 1 is 1.25 bits per heavy atom. The molecule has 0 aliphatic rings. The van der Waals surface area contributed by atoms with Gasteiger partial charge in [0.15, 0.2) is 0 Å². The molecule has 6 nitrogen and oxygen atoms in total. The van der Waals surface area contributed by atoms with Crippen LogP contribution in [0.15, 0.2) is 24.4 Å². The summed E-state index contributed by atoms with van der Waals surface area (Å²) in [5, 5.41) is 11.6. The molecule has 20 heavy (non-hydrogen) atoms. The number of ether oxygens (including phenoxy) is 1. The van der Waals surface area contributed by atoms with Crippen molar-refractivity contribution in [2.24, 2.45) is 0 Å². The molecule has 0 radical (unpaired) electrons. The second-order valence-electron chi connectivity index (χ2n) is 5.68. The van der Waals surface area contributed by atoms with Gasteiger partial charge in [-0.05, 0) is 26.8 Å². The Kier molecular flexibility index (Phi) is 4.34. The molecule has 0 aromatic carbocycles. The molecule has 0 unspecified atom stereocenters. The van der Waals surface area contributed by atoms with Gasteiger partial charge in [0.05, 0.1) is 31.2 Å². The van der Waals surface area contributed by atoms with Crippen molar-refractivity contribution in [1.82, 2.24) is 25.3 Å². The molecule has 0 bridgehead atoms. The molecular formula is C14H21N5O. The van der Waals surface area contributed by atoms with Crippen LogP contribution in [0, 0.1) is 0 Å². The normalized spacial score (nSPS) is 11.6. The van der Waals surface area contributed by atoms with Crippen LogP contribution in [0.4, 0.5) is 0 Å². The van der Waals surface area contributed by atoms with Crippen LogP contribution in [-0.4, -0.2) is 32.6 Å². The highest BCUT2D eigenvalue weighted by Crippen LogP contribution is 2.08. The van der Waals surface area contributed by atoms with Crippen LogP contribution in [-0.2, 0) is 13.1 Å². The van der Waals surface area contributed by atoms with Crippen LogP contribution >= 0.6 is 0 Å². The fraction of sp³-hybridized carbons (Fsp3) is 0.500. The van der Waals surface area contributed by atoms with Crippen LogP contribution in [0.25, 0.3) is 0 Å². The molecule has 2 rings (SSSR count). The first-order chi connectivity index (χ1) is 9.46. The Morgan fingerprint density at radius 3 is 2.75 bits per heavy atom. The SMILES string of the molecule is COc1cccc(Cn2cc(CNC(C)(C)C)nn2)n1. The van der Waals surface area contributed by atoms with Crippen molar-refractivity contribution < 1.29 is 4.74 Å². The maximum Gasteiger partial charge on any atom is 0.213 e. The van der Waals surface area contributed by atoms with Crippen molar-refractivity contribution in [3.05, 3.63) is 35.8 Å². The largest absolute Gasteiger partial charge is 0.481 e. The number of hydrogen-bond donors (Lipinski definition) is 1. The fourth-order valence-corrected chi connectivity index (χ4v) is 1.68.